The fourth-order valence-electron chi connectivity index (χ4n) is 2.75. The number of hydrogen-bond acceptors (Lipinski definition) is 5. The van der Waals surface area contributed by atoms with Gasteiger partial charge in [-0.05, 0) is 49.4 Å². The van der Waals surface area contributed by atoms with Crippen molar-refractivity contribution in [1.29, 1.82) is 0 Å². The number of hydrogen-bond donors (Lipinski definition) is 1. The lowest BCUT2D eigenvalue weighted by molar-refractivity contribution is -0.128. The molecule has 1 aliphatic heterocycles. The number of nitrogens with one attached hydrogen (secondary N) is 1. The monoisotopic (exact) mass is 479 g/mol. The van der Waals surface area contributed by atoms with E-state index in [4.69, 9.17) is 4.74 Å². The van der Waals surface area contributed by atoms with Gasteiger partial charge in [0.1, 0.15) is 22.5 Å². The van der Waals surface area contributed by atoms with Gasteiger partial charge in [-0.3, -0.25) is 14.5 Å². The number of rotatable bonds is 6. The quantitative estimate of drug-likeness (QED) is 0.658. The largest absolute Gasteiger partial charge is 0.497 e. The molecule has 2 amide bonds. The highest BCUT2D eigenvalue weighted by Gasteiger charge is 2.38. The molecule has 2 aromatic carbocycles. The standard InChI is InChI=1S/C20H19BrFN3O3S/c1-3-25-19(27)17(11-18(26)23-13-5-7-14(28-2)8-6-13)29-20(25)24-16-9-4-12(21)10-15(16)22/h4-10,17H,3,11H2,1-2H3,(H,23,26). The van der Waals surface area contributed by atoms with E-state index in [1.807, 2.05) is 6.92 Å². The minimum absolute atomic E-state index is 0.00608. The summed E-state index contributed by atoms with van der Waals surface area (Å²) in [6.45, 7) is 2.20. The van der Waals surface area contributed by atoms with Gasteiger partial charge in [0.05, 0.1) is 7.11 Å². The number of halogens is 2. The summed E-state index contributed by atoms with van der Waals surface area (Å²) in [5, 5.41) is 2.55. The molecule has 0 radical (unpaired) electrons. The second-order valence-electron chi connectivity index (χ2n) is 6.16. The van der Waals surface area contributed by atoms with Crippen molar-refractivity contribution in [2.45, 2.75) is 18.6 Å². The lowest BCUT2D eigenvalue weighted by atomic mass is 10.2. The number of anilines is 1. The molecule has 0 aromatic heterocycles. The van der Waals surface area contributed by atoms with Gasteiger partial charge >= 0.3 is 0 Å². The van der Waals surface area contributed by atoms with Crippen LogP contribution >= 0.6 is 27.7 Å². The molecule has 0 saturated carbocycles. The van der Waals surface area contributed by atoms with Gasteiger partial charge in [0.2, 0.25) is 11.8 Å². The highest BCUT2D eigenvalue weighted by Crippen LogP contribution is 2.33. The number of carbonyl (C=O) groups is 2. The van der Waals surface area contributed by atoms with E-state index in [1.165, 1.54) is 28.8 Å². The maximum Gasteiger partial charge on any atom is 0.242 e. The molecule has 1 heterocycles. The van der Waals surface area contributed by atoms with Crippen LogP contribution in [0.2, 0.25) is 0 Å². The smallest absolute Gasteiger partial charge is 0.242 e. The Bertz CT molecular complexity index is 952. The Hall–Kier alpha value is -2.39. The first-order chi connectivity index (χ1) is 13.9. The molecule has 0 bridgehead atoms. The number of amides is 2. The fraction of sp³-hybridized carbons (Fsp3) is 0.250. The predicted molar refractivity (Wildman–Crippen MR) is 116 cm³/mol. The highest BCUT2D eigenvalue weighted by atomic mass is 79.9. The molecular weight excluding hydrogens is 461 g/mol. The van der Waals surface area contributed by atoms with Gasteiger partial charge in [-0.1, -0.05) is 27.7 Å². The third kappa shape index (κ3) is 5.16. The molecular formula is C20H19BrFN3O3S. The van der Waals surface area contributed by atoms with Crippen LogP contribution in [0.15, 0.2) is 51.9 Å². The average Bonchev–Trinajstić information content (AvgIpc) is 2.98. The van der Waals surface area contributed by atoms with Crippen molar-refractivity contribution >= 4 is 56.0 Å². The van der Waals surface area contributed by atoms with Crippen molar-refractivity contribution in [1.82, 2.24) is 4.90 Å². The van der Waals surface area contributed by atoms with Crippen LogP contribution < -0.4 is 10.1 Å². The summed E-state index contributed by atoms with van der Waals surface area (Å²) in [7, 11) is 1.56. The number of benzene rings is 2. The Balaban J connectivity index is 1.70. The second-order valence-corrected chi connectivity index (χ2v) is 8.25. The van der Waals surface area contributed by atoms with E-state index in [0.717, 1.165) is 0 Å². The number of thioether (sulfide) groups is 1. The Morgan fingerprint density at radius 2 is 2.03 bits per heavy atom. The van der Waals surface area contributed by atoms with Crippen LogP contribution in [0.25, 0.3) is 0 Å². The summed E-state index contributed by atoms with van der Waals surface area (Å²) in [6.07, 6.45) is -0.00608. The van der Waals surface area contributed by atoms with E-state index in [1.54, 1.807) is 37.4 Å². The molecule has 9 heteroatoms. The van der Waals surface area contributed by atoms with Gasteiger partial charge in [0, 0.05) is 23.1 Å². The normalized spacial score (nSPS) is 17.7. The number of amidine groups is 1. The number of nitrogens with zero attached hydrogens (tertiary/aromatic N) is 2. The summed E-state index contributed by atoms with van der Waals surface area (Å²) in [5.74, 6) is -0.299. The van der Waals surface area contributed by atoms with Crippen LogP contribution in [0.4, 0.5) is 15.8 Å². The molecule has 1 N–H and O–H groups in total. The van der Waals surface area contributed by atoms with Crippen LogP contribution in [0.1, 0.15) is 13.3 Å². The van der Waals surface area contributed by atoms with Gasteiger partial charge in [0.25, 0.3) is 0 Å². The summed E-state index contributed by atoms with van der Waals surface area (Å²) in [6, 6.07) is 11.5. The minimum atomic E-state index is -0.606. The molecule has 152 valence electrons. The van der Waals surface area contributed by atoms with Crippen molar-refractivity contribution in [2.24, 2.45) is 4.99 Å². The zero-order chi connectivity index (χ0) is 21.0. The predicted octanol–water partition coefficient (Wildman–Crippen LogP) is 4.58. The van der Waals surface area contributed by atoms with Crippen molar-refractivity contribution < 1.29 is 18.7 Å². The third-order valence-electron chi connectivity index (χ3n) is 4.21. The van der Waals surface area contributed by atoms with E-state index in [0.29, 0.717) is 27.6 Å². The Morgan fingerprint density at radius 1 is 1.31 bits per heavy atom. The first-order valence-electron chi connectivity index (χ1n) is 8.87. The van der Waals surface area contributed by atoms with Gasteiger partial charge in [-0.2, -0.15) is 0 Å². The van der Waals surface area contributed by atoms with E-state index in [-0.39, 0.29) is 23.9 Å². The van der Waals surface area contributed by atoms with Crippen molar-refractivity contribution in [3.05, 3.63) is 52.8 Å². The molecule has 29 heavy (non-hydrogen) atoms. The topological polar surface area (TPSA) is 71.0 Å². The second kappa shape index (κ2) is 9.41. The van der Waals surface area contributed by atoms with Crippen LogP contribution in [-0.2, 0) is 9.59 Å². The lowest BCUT2D eigenvalue weighted by Crippen LogP contribution is -2.33. The summed E-state index contributed by atoms with van der Waals surface area (Å²) in [5.41, 5.74) is 0.759. The molecule has 0 spiro atoms. The zero-order valence-electron chi connectivity index (χ0n) is 15.8. The van der Waals surface area contributed by atoms with Crippen LogP contribution in [0.5, 0.6) is 5.75 Å². The van der Waals surface area contributed by atoms with E-state index in [2.05, 4.69) is 26.2 Å². The molecule has 6 nitrogen and oxygen atoms in total. The van der Waals surface area contributed by atoms with Crippen molar-refractivity contribution in [3.63, 3.8) is 0 Å². The van der Waals surface area contributed by atoms with Crippen LogP contribution in [0, 0.1) is 5.82 Å². The fourth-order valence-corrected chi connectivity index (χ4v) is 4.29. The average molecular weight is 480 g/mol. The molecule has 0 aliphatic carbocycles. The molecule has 1 saturated heterocycles. The van der Waals surface area contributed by atoms with Crippen molar-refractivity contribution in [2.75, 3.05) is 19.0 Å². The SMILES string of the molecule is CCN1C(=O)C(CC(=O)Nc2ccc(OC)cc2)SC1=Nc1ccc(Br)cc1F. The third-order valence-corrected chi connectivity index (χ3v) is 5.88. The van der Waals surface area contributed by atoms with Gasteiger partial charge < -0.3 is 10.1 Å². The van der Waals surface area contributed by atoms with Crippen LogP contribution in [0.3, 0.4) is 0 Å². The molecule has 3 rings (SSSR count). The molecule has 2 aromatic rings. The van der Waals surface area contributed by atoms with Gasteiger partial charge in [-0.15, -0.1) is 0 Å². The number of carbonyl (C=O) groups excluding carboxylic acids is 2. The molecule has 1 unspecified atom stereocenters. The zero-order valence-corrected chi connectivity index (χ0v) is 18.2. The van der Waals surface area contributed by atoms with E-state index in [9.17, 15) is 14.0 Å². The first-order valence-corrected chi connectivity index (χ1v) is 10.5. The summed E-state index contributed by atoms with van der Waals surface area (Å²) in [4.78, 5) is 30.8. The van der Waals surface area contributed by atoms with Gasteiger partial charge in [-0.25, -0.2) is 9.38 Å². The number of ether oxygens (including phenoxy) is 1. The maximum absolute atomic E-state index is 14.1. The molecule has 1 aliphatic rings. The van der Waals surface area contributed by atoms with E-state index < -0.39 is 11.1 Å². The Morgan fingerprint density at radius 3 is 2.66 bits per heavy atom. The first kappa shape index (κ1) is 21.3. The Labute approximate surface area is 180 Å². The Kier molecular flexibility index (Phi) is 6.92. The van der Waals surface area contributed by atoms with E-state index >= 15 is 0 Å². The number of methoxy groups -OCH3 is 1. The van der Waals surface area contributed by atoms with Crippen molar-refractivity contribution in [3.8, 4) is 5.75 Å². The summed E-state index contributed by atoms with van der Waals surface area (Å²) >= 11 is 4.38. The number of aliphatic imine (C=N–C) groups is 1. The van der Waals surface area contributed by atoms with Gasteiger partial charge in [0.15, 0.2) is 5.17 Å². The summed E-state index contributed by atoms with van der Waals surface area (Å²) < 4.78 is 19.8. The van der Waals surface area contributed by atoms with Crippen LogP contribution in [-0.4, -0.2) is 40.8 Å². The minimum Gasteiger partial charge on any atom is -0.497 e. The highest BCUT2D eigenvalue weighted by molar-refractivity contribution is 9.10. The lowest BCUT2D eigenvalue weighted by Gasteiger charge is -2.13. The molecule has 1 fully saturated rings. The molecule has 1 atom stereocenters. The maximum atomic E-state index is 14.1.